The quantitative estimate of drug-likeness (QED) is 0.0602. The molecule has 0 saturated heterocycles. The van der Waals surface area contributed by atoms with Gasteiger partial charge in [0.1, 0.15) is 11.2 Å². The van der Waals surface area contributed by atoms with Gasteiger partial charge in [-0.15, -0.1) is 0 Å². The van der Waals surface area contributed by atoms with E-state index < -0.39 is 0 Å². The van der Waals surface area contributed by atoms with Crippen LogP contribution >= 0.6 is 0 Å². The van der Waals surface area contributed by atoms with Crippen LogP contribution in [0, 0.1) is 11.8 Å². The van der Waals surface area contributed by atoms with Gasteiger partial charge in [0.05, 0.1) is 11.8 Å². The number of unbranched alkanes of at least 4 members (excludes halogenated alkanes) is 20. The molecule has 0 bridgehead atoms. The first-order valence-electron chi connectivity index (χ1n) is 23.0. The second kappa shape index (κ2) is 26.7. The first kappa shape index (κ1) is 43.3. The van der Waals surface area contributed by atoms with Crippen LogP contribution in [0.4, 0.5) is 0 Å². The van der Waals surface area contributed by atoms with Crippen LogP contribution in [-0.4, -0.2) is 23.1 Å². The number of rotatable bonds is 28. The van der Waals surface area contributed by atoms with Crippen LogP contribution in [0.1, 0.15) is 258 Å². The Morgan fingerprint density at radius 2 is 0.720 bits per heavy atom. The van der Waals surface area contributed by atoms with Crippen molar-refractivity contribution >= 4 is 11.9 Å². The molecule has 3 rings (SSSR count). The van der Waals surface area contributed by atoms with Crippen LogP contribution in [0.25, 0.3) is 0 Å². The highest BCUT2D eigenvalue weighted by atomic mass is 16.6. The molecule has 3 aliphatic carbocycles. The minimum Gasteiger partial charge on any atom is -0.459 e. The zero-order valence-corrected chi connectivity index (χ0v) is 33.7. The molecule has 292 valence electrons. The second-order valence-electron chi connectivity index (χ2n) is 17.5. The first-order valence-corrected chi connectivity index (χ1v) is 23.0. The standard InChI is InChI=1S/C46H84O4/c1-3-5-7-9-11-13-15-17-19-21-25-34-45(36-27-23-28-37-45)49-43(47)41-32-31-33-42(40-41)44(48)50-46(38-29-24-30-39-46)35-26-22-20-18-16-14-12-10-8-6-4-2/h41-42H,3-40H2,1-2H3. The van der Waals surface area contributed by atoms with E-state index in [4.69, 9.17) is 9.47 Å². The third kappa shape index (κ3) is 17.6. The van der Waals surface area contributed by atoms with Gasteiger partial charge in [0.15, 0.2) is 0 Å². The third-order valence-electron chi connectivity index (χ3n) is 13.0. The van der Waals surface area contributed by atoms with Crippen molar-refractivity contribution in [1.82, 2.24) is 0 Å². The van der Waals surface area contributed by atoms with Gasteiger partial charge in [0.2, 0.25) is 0 Å². The molecule has 0 aromatic heterocycles. The molecular formula is C46H84O4. The molecule has 2 atom stereocenters. The fourth-order valence-electron chi connectivity index (χ4n) is 9.63. The Labute approximate surface area is 311 Å². The molecule has 50 heavy (non-hydrogen) atoms. The van der Waals surface area contributed by atoms with Gasteiger partial charge in [0, 0.05) is 0 Å². The average Bonchev–Trinajstić information content (AvgIpc) is 3.13. The minimum atomic E-state index is -0.261. The van der Waals surface area contributed by atoms with Crippen LogP contribution in [0.5, 0.6) is 0 Å². The molecule has 4 heteroatoms. The molecule has 2 unspecified atom stereocenters. The van der Waals surface area contributed by atoms with E-state index in [2.05, 4.69) is 13.8 Å². The van der Waals surface area contributed by atoms with Crippen LogP contribution in [0.2, 0.25) is 0 Å². The van der Waals surface area contributed by atoms with Gasteiger partial charge in [-0.25, -0.2) is 0 Å². The summed E-state index contributed by atoms with van der Waals surface area (Å²) >= 11 is 0. The summed E-state index contributed by atoms with van der Waals surface area (Å²) in [7, 11) is 0. The largest absolute Gasteiger partial charge is 0.459 e. The number of hydrogen-bond acceptors (Lipinski definition) is 4. The summed E-state index contributed by atoms with van der Waals surface area (Å²) in [5.41, 5.74) is -0.522. The van der Waals surface area contributed by atoms with Crippen molar-refractivity contribution in [2.24, 2.45) is 11.8 Å². The Morgan fingerprint density at radius 1 is 0.420 bits per heavy atom. The van der Waals surface area contributed by atoms with Gasteiger partial charge in [0.25, 0.3) is 0 Å². The number of carbonyl (C=O) groups excluding carboxylic acids is 2. The predicted molar refractivity (Wildman–Crippen MR) is 211 cm³/mol. The Kier molecular flexibility index (Phi) is 23.1. The highest BCUT2D eigenvalue weighted by Crippen LogP contribution is 2.41. The Bertz CT molecular complexity index is 786. The topological polar surface area (TPSA) is 52.6 Å². The smallest absolute Gasteiger partial charge is 0.309 e. The molecule has 0 heterocycles. The van der Waals surface area contributed by atoms with Crippen LogP contribution in [0.15, 0.2) is 0 Å². The lowest BCUT2D eigenvalue weighted by Crippen LogP contribution is -2.42. The van der Waals surface area contributed by atoms with Crippen molar-refractivity contribution in [2.45, 2.75) is 269 Å². The zero-order valence-electron chi connectivity index (χ0n) is 33.7. The molecule has 0 spiro atoms. The maximum absolute atomic E-state index is 13.7. The Balaban J connectivity index is 1.38. The van der Waals surface area contributed by atoms with Crippen molar-refractivity contribution in [3.63, 3.8) is 0 Å². The van der Waals surface area contributed by atoms with Gasteiger partial charge in [-0.2, -0.15) is 0 Å². The SMILES string of the molecule is CCCCCCCCCCCCCC1(OC(=O)C2CCCC(C(=O)OC3(CCCCCCCCCCCCC)CCCCC3)C2)CCCCC1. The molecule has 0 aliphatic heterocycles. The number of hydrogen-bond donors (Lipinski definition) is 0. The van der Waals surface area contributed by atoms with Crippen molar-refractivity contribution in [3.05, 3.63) is 0 Å². The average molecular weight is 701 g/mol. The van der Waals surface area contributed by atoms with Gasteiger partial charge < -0.3 is 9.47 Å². The highest BCUT2D eigenvalue weighted by molar-refractivity contribution is 5.77. The Morgan fingerprint density at radius 3 is 1.04 bits per heavy atom. The molecular weight excluding hydrogens is 617 g/mol. The lowest BCUT2D eigenvalue weighted by molar-refractivity contribution is -0.176. The van der Waals surface area contributed by atoms with Crippen LogP contribution < -0.4 is 0 Å². The van der Waals surface area contributed by atoms with Crippen molar-refractivity contribution in [1.29, 1.82) is 0 Å². The summed E-state index contributed by atoms with van der Waals surface area (Å²) in [6.45, 7) is 4.57. The van der Waals surface area contributed by atoms with E-state index in [0.29, 0.717) is 6.42 Å². The van der Waals surface area contributed by atoms with E-state index in [0.717, 1.165) is 57.8 Å². The number of esters is 2. The van der Waals surface area contributed by atoms with Crippen molar-refractivity contribution < 1.29 is 19.1 Å². The normalized spacial score (nSPS) is 21.9. The maximum Gasteiger partial charge on any atom is 0.309 e. The molecule has 0 N–H and O–H groups in total. The summed E-state index contributed by atoms with van der Waals surface area (Å²) in [5.74, 6) is -0.320. The van der Waals surface area contributed by atoms with E-state index in [1.807, 2.05) is 0 Å². The second-order valence-corrected chi connectivity index (χ2v) is 17.5. The number of ether oxygens (including phenoxy) is 2. The van der Waals surface area contributed by atoms with E-state index >= 15 is 0 Å². The molecule has 4 nitrogen and oxygen atoms in total. The van der Waals surface area contributed by atoms with Gasteiger partial charge in [-0.1, -0.05) is 162 Å². The van der Waals surface area contributed by atoms with E-state index in [-0.39, 0.29) is 35.0 Å². The van der Waals surface area contributed by atoms with Crippen molar-refractivity contribution in [2.75, 3.05) is 0 Å². The minimum absolute atomic E-state index is 0.0131. The summed E-state index contributed by atoms with van der Waals surface area (Å²) < 4.78 is 13.1. The molecule has 0 aromatic rings. The maximum atomic E-state index is 13.7. The molecule has 0 amide bonds. The zero-order chi connectivity index (χ0) is 35.6. The summed E-state index contributed by atoms with van der Waals surface area (Å²) in [6.07, 6.45) is 46.2. The van der Waals surface area contributed by atoms with E-state index in [1.54, 1.807) is 0 Å². The van der Waals surface area contributed by atoms with Gasteiger partial charge >= 0.3 is 11.9 Å². The fourth-order valence-corrected chi connectivity index (χ4v) is 9.63. The predicted octanol–water partition coefficient (Wildman–Crippen LogP) is 14.7. The highest BCUT2D eigenvalue weighted by Gasteiger charge is 2.42. The van der Waals surface area contributed by atoms with Gasteiger partial charge in [-0.05, 0) is 96.3 Å². The lowest BCUT2D eigenvalue weighted by atomic mass is 9.78. The molecule has 0 aromatic carbocycles. The summed E-state index contributed by atoms with van der Waals surface area (Å²) in [4.78, 5) is 27.5. The number of carbonyl (C=O) groups is 2. The molecule has 3 saturated carbocycles. The van der Waals surface area contributed by atoms with Crippen molar-refractivity contribution in [3.8, 4) is 0 Å². The Hall–Kier alpha value is -1.06. The van der Waals surface area contributed by atoms with E-state index in [9.17, 15) is 9.59 Å². The van der Waals surface area contributed by atoms with Crippen LogP contribution in [0.3, 0.4) is 0 Å². The molecule has 3 fully saturated rings. The van der Waals surface area contributed by atoms with Crippen LogP contribution in [-0.2, 0) is 19.1 Å². The first-order chi connectivity index (χ1) is 24.5. The summed E-state index contributed by atoms with van der Waals surface area (Å²) in [6, 6.07) is 0. The third-order valence-corrected chi connectivity index (χ3v) is 13.0. The summed E-state index contributed by atoms with van der Waals surface area (Å²) in [5, 5.41) is 0. The molecule has 3 aliphatic rings. The van der Waals surface area contributed by atoms with Gasteiger partial charge in [-0.3, -0.25) is 9.59 Å². The molecule has 0 radical (unpaired) electrons. The fraction of sp³-hybridized carbons (Fsp3) is 0.957. The van der Waals surface area contributed by atoms with E-state index in [1.165, 1.54) is 180 Å². The monoisotopic (exact) mass is 701 g/mol. The lowest BCUT2D eigenvalue weighted by Gasteiger charge is -2.40.